The maximum absolute atomic E-state index is 12.8. The Bertz CT molecular complexity index is 597. The molecule has 8 heteroatoms. The molecule has 26 heavy (non-hydrogen) atoms. The Labute approximate surface area is 164 Å². The van der Waals surface area contributed by atoms with E-state index in [0.29, 0.717) is 4.58 Å². The first-order valence-corrected chi connectivity index (χ1v) is 11.3. The molecule has 0 radical (unpaired) electrons. The second-order valence-corrected chi connectivity index (χ2v) is 9.34. The lowest BCUT2D eigenvalue weighted by Gasteiger charge is -2.24. The number of allylic oxidation sites excluding steroid dienone is 2. The number of rotatable bonds is 8. The van der Waals surface area contributed by atoms with Crippen LogP contribution in [-0.4, -0.2) is 46.5 Å². The molecule has 1 fully saturated rings. The largest absolute Gasteiger partial charge is 0.487 e. The molecule has 0 N–H and O–H groups in total. The van der Waals surface area contributed by atoms with Crippen LogP contribution < -0.4 is 4.74 Å². The highest BCUT2D eigenvalue weighted by atomic mass is 32.2. The molecule has 0 atom stereocenters. The predicted molar refractivity (Wildman–Crippen MR) is 107 cm³/mol. The van der Waals surface area contributed by atoms with Crippen molar-refractivity contribution >= 4 is 41.4 Å². The van der Waals surface area contributed by atoms with Gasteiger partial charge in [0.15, 0.2) is 6.61 Å². The molecule has 1 aromatic rings. The molecule has 144 valence electrons. The van der Waals surface area contributed by atoms with Crippen molar-refractivity contribution in [1.82, 2.24) is 0 Å². The smallest absolute Gasteiger partial charge is 0.340 e. The summed E-state index contributed by atoms with van der Waals surface area (Å²) >= 11 is 5.80. The molecule has 0 aromatic heterocycles. The van der Waals surface area contributed by atoms with Crippen LogP contribution in [0.1, 0.15) is 5.56 Å². The molecule has 0 unspecified atom stereocenters. The lowest BCUT2D eigenvalue weighted by molar-refractivity contribution is -0.148. The van der Waals surface area contributed by atoms with Gasteiger partial charge in [-0.05, 0) is 24.0 Å². The van der Waals surface area contributed by atoms with Crippen LogP contribution in [0.3, 0.4) is 0 Å². The van der Waals surface area contributed by atoms with Crippen LogP contribution in [0, 0.1) is 0 Å². The van der Waals surface area contributed by atoms with E-state index in [1.54, 1.807) is 12.1 Å². The van der Waals surface area contributed by atoms with Crippen molar-refractivity contribution in [2.45, 2.75) is 22.2 Å². The fourth-order valence-corrected chi connectivity index (χ4v) is 6.00. The molecule has 1 aromatic carbocycles. The normalized spacial score (nSPS) is 21.8. The first-order chi connectivity index (χ1) is 12.4. The van der Waals surface area contributed by atoms with Gasteiger partial charge < -0.3 is 4.74 Å². The molecule has 1 aliphatic rings. The summed E-state index contributed by atoms with van der Waals surface area (Å²) in [6, 6.07) is 6.35. The van der Waals surface area contributed by atoms with Crippen molar-refractivity contribution in [1.29, 1.82) is 0 Å². The number of benzene rings is 1. The predicted octanol–water partition coefficient (Wildman–Crippen LogP) is 6.07. The van der Waals surface area contributed by atoms with Crippen LogP contribution in [0.2, 0.25) is 0 Å². The summed E-state index contributed by atoms with van der Waals surface area (Å²) in [6.45, 7) is -1.34. The zero-order valence-electron chi connectivity index (χ0n) is 14.1. The van der Waals surface area contributed by atoms with E-state index in [-0.39, 0.29) is 5.75 Å². The van der Waals surface area contributed by atoms with E-state index >= 15 is 0 Å². The second-order valence-electron chi connectivity index (χ2n) is 5.56. The van der Waals surface area contributed by atoms with Gasteiger partial charge in [-0.1, -0.05) is 36.4 Å². The van der Waals surface area contributed by atoms with Crippen molar-refractivity contribution < 1.29 is 22.3 Å². The van der Waals surface area contributed by atoms with Gasteiger partial charge in [0.2, 0.25) is 0 Å². The lowest BCUT2D eigenvalue weighted by atomic mass is 10.2. The highest BCUT2D eigenvalue weighted by Crippen LogP contribution is 2.35. The van der Waals surface area contributed by atoms with Gasteiger partial charge in [0.05, 0.1) is 4.58 Å². The maximum Gasteiger partial charge on any atom is 0.340 e. The molecule has 0 bridgehead atoms. The van der Waals surface area contributed by atoms with Crippen molar-refractivity contribution in [3.8, 4) is 5.75 Å². The fraction of sp³-hybridized carbons (Fsp3) is 0.444. The molecule has 1 heterocycles. The van der Waals surface area contributed by atoms with Gasteiger partial charge in [0, 0.05) is 16.8 Å². The maximum atomic E-state index is 12.8. The van der Waals surface area contributed by atoms with Gasteiger partial charge in [-0.2, -0.15) is 20.5 Å². The van der Waals surface area contributed by atoms with Crippen molar-refractivity contribution in [2.75, 3.05) is 24.4 Å². The summed E-state index contributed by atoms with van der Waals surface area (Å²) in [5, 5.41) is 0.728. The number of thioether (sulfide) groups is 3. The molecular weight excluding hydrogens is 404 g/mol. The number of halogens is 4. The molecule has 0 saturated carbocycles. The number of hydrogen-bond donors (Lipinski definition) is 0. The average Bonchev–Trinajstić information content (AvgIpc) is 2.65. The lowest BCUT2D eigenvalue weighted by Crippen LogP contribution is -2.33. The molecule has 1 saturated heterocycles. The molecule has 0 spiro atoms. The monoisotopic (exact) mass is 424 g/mol. The van der Waals surface area contributed by atoms with Crippen LogP contribution in [0.25, 0.3) is 6.08 Å². The van der Waals surface area contributed by atoms with Crippen LogP contribution in [0.4, 0.5) is 17.6 Å². The molecule has 0 amide bonds. The van der Waals surface area contributed by atoms with E-state index in [4.69, 9.17) is 4.74 Å². The van der Waals surface area contributed by atoms with Crippen molar-refractivity contribution in [3.05, 3.63) is 48.1 Å². The van der Waals surface area contributed by atoms with Gasteiger partial charge in [-0.25, -0.2) is 8.78 Å². The minimum atomic E-state index is -4.14. The van der Waals surface area contributed by atoms with Gasteiger partial charge in [-0.3, -0.25) is 0 Å². The minimum Gasteiger partial charge on any atom is -0.487 e. The van der Waals surface area contributed by atoms with Gasteiger partial charge >= 0.3 is 12.3 Å². The minimum absolute atomic E-state index is 0.136. The summed E-state index contributed by atoms with van der Waals surface area (Å²) in [5.74, 6) is -1.68. The van der Waals surface area contributed by atoms with E-state index < -0.39 is 19.0 Å². The SMILES string of the molecule is CSC1CSC(/C=C/C=C/c2ccc(OCC(F)(F)C(F)F)cc2)SC1. The zero-order valence-corrected chi connectivity index (χ0v) is 16.6. The third kappa shape index (κ3) is 7.12. The highest BCUT2D eigenvalue weighted by molar-refractivity contribution is 8.19. The van der Waals surface area contributed by atoms with Crippen LogP contribution >= 0.6 is 35.3 Å². The molecule has 2 rings (SSSR count). The Hall–Kier alpha value is -0.730. The first-order valence-electron chi connectivity index (χ1n) is 7.90. The Morgan fingerprint density at radius 3 is 2.42 bits per heavy atom. The summed E-state index contributed by atoms with van der Waals surface area (Å²) in [6.07, 6.45) is 6.37. The summed E-state index contributed by atoms with van der Waals surface area (Å²) < 4.78 is 55.0. The van der Waals surface area contributed by atoms with Crippen LogP contribution in [0.15, 0.2) is 42.5 Å². The number of alkyl halides is 4. The second kappa shape index (κ2) is 10.6. The van der Waals surface area contributed by atoms with E-state index in [9.17, 15) is 17.6 Å². The van der Waals surface area contributed by atoms with Crippen LogP contribution in [-0.2, 0) is 0 Å². The first kappa shape index (κ1) is 21.6. The van der Waals surface area contributed by atoms with E-state index in [2.05, 4.69) is 12.3 Å². The topological polar surface area (TPSA) is 9.23 Å². The van der Waals surface area contributed by atoms with Gasteiger partial charge in [-0.15, -0.1) is 23.5 Å². The Morgan fingerprint density at radius 2 is 1.85 bits per heavy atom. The Kier molecular flexibility index (Phi) is 8.76. The third-order valence-electron chi connectivity index (χ3n) is 3.52. The van der Waals surface area contributed by atoms with E-state index in [0.717, 1.165) is 10.8 Å². The summed E-state index contributed by atoms with van der Waals surface area (Å²) in [7, 11) is 0. The highest BCUT2D eigenvalue weighted by Gasteiger charge is 2.41. The quantitative estimate of drug-likeness (QED) is 0.370. The van der Waals surface area contributed by atoms with Crippen molar-refractivity contribution in [3.63, 3.8) is 0 Å². The number of ether oxygens (including phenoxy) is 1. The standard InChI is InChI=1S/C18H20F4OS3/c1-24-15-10-25-16(26-11-15)5-3-2-4-13-6-8-14(9-7-13)23-12-18(21,22)17(19)20/h2-9,15-17H,10-12H2,1H3/b4-2+,5-3+. The van der Waals surface area contributed by atoms with Gasteiger partial charge in [0.25, 0.3) is 0 Å². The van der Waals surface area contributed by atoms with Crippen molar-refractivity contribution in [2.24, 2.45) is 0 Å². The molecule has 1 aliphatic heterocycles. The molecule has 1 nitrogen and oxygen atoms in total. The number of hydrogen-bond acceptors (Lipinski definition) is 4. The zero-order chi connectivity index (χ0) is 19.0. The third-order valence-corrected chi connectivity index (χ3v) is 7.92. The fourth-order valence-electron chi connectivity index (χ4n) is 1.99. The molecule has 0 aliphatic carbocycles. The van der Waals surface area contributed by atoms with Gasteiger partial charge in [0.1, 0.15) is 5.75 Å². The van der Waals surface area contributed by atoms with E-state index in [1.807, 2.05) is 53.5 Å². The van der Waals surface area contributed by atoms with Crippen LogP contribution in [0.5, 0.6) is 5.75 Å². The Morgan fingerprint density at radius 1 is 1.19 bits per heavy atom. The molecular formula is C18H20F4OS3. The average molecular weight is 425 g/mol. The summed E-state index contributed by atoms with van der Waals surface area (Å²) in [5.41, 5.74) is 0.869. The van der Waals surface area contributed by atoms with E-state index in [1.165, 1.54) is 23.6 Å². The summed E-state index contributed by atoms with van der Waals surface area (Å²) in [4.78, 5) is 0. The Balaban J connectivity index is 1.78.